The average molecular weight is 313 g/mol. The number of aromatic carboxylic acids is 1. The van der Waals surface area contributed by atoms with Gasteiger partial charge in [0.2, 0.25) is 10.0 Å². The molecule has 0 amide bonds. The minimum Gasteiger partial charge on any atom is -0.477 e. The summed E-state index contributed by atoms with van der Waals surface area (Å²) in [5.41, 5.74) is -0.0778. The third-order valence-corrected chi connectivity index (χ3v) is 4.81. The van der Waals surface area contributed by atoms with Crippen molar-refractivity contribution in [2.75, 3.05) is 24.2 Å². The number of anilines is 1. The van der Waals surface area contributed by atoms with Crippen LogP contribution in [-0.2, 0) is 10.0 Å². The Morgan fingerprint density at radius 3 is 2.76 bits per heavy atom. The molecule has 1 aromatic heterocycles. The number of hydrogen-bond donors (Lipinski definition) is 3. The summed E-state index contributed by atoms with van der Waals surface area (Å²) in [7, 11) is -3.31. The highest BCUT2D eigenvalue weighted by Crippen LogP contribution is 2.25. The second-order valence-corrected chi connectivity index (χ2v) is 7.03. The van der Waals surface area contributed by atoms with Gasteiger partial charge in [-0.15, -0.1) is 0 Å². The van der Waals surface area contributed by atoms with E-state index in [2.05, 4.69) is 15.0 Å². The molecular weight excluding hydrogens is 294 g/mol. The fraction of sp³-hybridized carbons (Fsp3) is 0.538. The van der Waals surface area contributed by atoms with Crippen LogP contribution in [0.4, 0.5) is 5.82 Å². The van der Waals surface area contributed by atoms with Crippen molar-refractivity contribution in [1.82, 2.24) is 9.71 Å². The zero-order valence-electron chi connectivity index (χ0n) is 11.6. The lowest BCUT2D eigenvalue weighted by Crippen LogP contribution is -2.35. The zero-order chi connectivity index (χ0) is 15.3. The van der Waals surface area contributed by atoms with Crippen molar-refractivity contribution >= 4 is 21.8 Å². The van der Waals surface area contributed by atoms with Gasteiger partial charge in [0.25, 0.3) is 0 Å². The van der Waals surface area contributed by atoms with E-state index in [0.29, 0.717) is 18.3 Å². The van der Waals surface area contributed by atoms with Crippen LogP contribution in [0.3, 0.4) is 0 Å². The van der Waals surface area contributed by atoms with Gasteiger partial charge in [-0.3, -0.25) is 0 Å². The first kappa shape index (κ1) is 15.7. The predicted molar refractivity (Wildman–Crippen MR) is 78.8 cm³/mol. The Kier molecular flexibility index (Phi) is 5.13. The van der Waals surface area contributed by atoms with Crippen molar-refractivity contribution in [3.05, 3.63) is 23.9 Å². The third-order valence-electron chi connectivity index (χ3n) is 3.46. The first-order valence-electron chi connectivity index (χ1n) is 6.88. The lowest BCUT2D eigenvalue weighted by molar-refractivity contribution is 0.0690. The summed E-state index contributed by atoms with van der Waals surface area (Å²) in [4.78, 5) is 14.6. The molecule has 7 nitrogen and oxygen atoms in total. The highest BCUT2D eigenvalue weighted by molar-refractivity contribution is 7.89. The Morgan fingerprint density at radius 2 is 2.14 bits per heavy atom. The summed E-state index contributed by atoms with van der Waals surface area (Å²) in [5.74, 6) is -0.363. The van der Waals surface area contributed by atoms with Crippen LogP contribution in [0, 0.1) is 5.92 Å². The molecule has 21 heavy (non-hydrogen) atoms. The Balaban J connectivity index is 1.77. The standard InChI is InChI=1S/C13H19N3O4S/c17-13(18)11-5-2-6-12(16-11)14-7-8-21(19,20)15-9-10-3-1-4-10/h2,5-6,10,15H,1,3-4,7-9H2,(H,14,16)(H,17,18). The zero-order valence-corrected chi connectivity index (χ0v) is 12.4. The summed E-state index contributed by atoms with van der Waals surface area (Å²) in [6, 6.07) is 4.54. The second kappa shape index (κ2) is 6.86. The predicted octanol–water partition coefficient (Wildman–Crippen LogP) is 0.911. The van der Waals surface area contributed by atoms with E-state index in [-0.39, 0.29) is 18.0 Å². The molecule has 1 heterocycles. The normalized spacial score (nSPS) is 15.4. The molecule has 3 N–H and O–H groups in total. The van der Waals surface area contributed by atoms with E-state index in [0.717, 1.165) is 12.8 Å². The summed E-state index contributed by atoms with van der Waals surface area (Å²) in [6.07, 6.45) is 3.36. The fourth-order valence-corrected chi connectivity index (χ4v) is 2.98. The van der Waals surface area contributed by atoms with Gasteiger partial charge in [0.15, 0.2) is 5.69 Å². The molecule has 1 aliphatic carbocycles. The first-order valence-corrected chi connectivity index (χ1v) is 8.53. The fourth-order valence-electron chi connectivity index (χ4n) is 1.98. The molecule has 0 bridgehead atoms. The Labute approximate surface area is 123 Å². The highest BCUT2D eigenvalue weighted by atomic mass is 32.2. The second-order valence-electron chi connectivity index (χ2n) is 5.10. The number of carboxylic acids is 1. The summed E-state index contributed by atoms with van der Waals surface area (Å²) < 4.78 is 26.1. The highest BCUT2D eigenvalue weighted by Gasteiger charge is 2.19. The molecule has 2 rings (SSSR count). The topological polar surface area (TPSA) is 108 Å². The van der Waals surface area contributed by atoms with Crippen LogP contribution in [0.2, 0.25) is 0 Å². The Hall–Kier alpha value is -1.67. The molecule has 1 fully saturated rings. The molecule has 0 aromatic carbocycles. The smallest absolute Gasteiger partial charge is 0.354 e. The maximum Gasteiger partial charge on any atom is 0.354 e. The van der Waals surface area contributed by atoms with Gasteiger partial charge >= 0.3 is 5.97 Å². The van der Waals surface area contributed by atoms with E-state index in [1.165, 1.54) is 12.5 Å². The van der Waals surface area contributed by atoms with Crippen LogP contribution >= 0.6 is 0 Å². The van der Waals surface area contributed by atoms with E-state index >= 15 is 0 Å². The van der Waals surface area contributed by atoms with E-state index in [4.69, 9.17) is 5.11 Å². The van der Waals surface area contributed by atoms with E-state index < -0.39 is 16.0 Å². The van der Waals surface area contributed by atoms with Gasteiger partial charge in [-0.1, -0.05) is 12.5 Å². The third kappa shape index (κ3) is 4.98. The van der Waals surface area contributed by atoms with Crippen LogP contribution in [0.25, 0.3) is 0 Å². The van der Waals surface area contributed by atoms with Crippen molar-refractivity contribution in [2.45, 2.75) is 19.3 Å². The largest absolute Gasteiger partial charge is 0.477 e. The molecule has 1 aromatic rings. The number of rotatable bonds is 8. The number of carbonyl (C=O) groups is 1. The lowest BCUT2D eigenvalue weighted by Gasteiger charge is -2.25. The first-order chi connectivity index (χ1) is 9.96. The van der Waals surface area contributed by atoms with Gasteiger partial charge in [0.1, 0.15) is 5.82 Å². The van der Waals surface area contributed by atoms with E-state index in [9.17, 15) is 13.2 Å². The molecule has 0 spiro atoms. The van der Waals surface area contributed by atoms with Gasteiger partial charge in [0, 0.05) is 13.1 Å². The van der Waals surface area contributed by atoms with Crippen LogP contribution in [0.5, 0.6) is 0 Å². The number of aromatic nitrogens is 1. The van der Waals surface area contributed by atoms with Crippen LogP contribution < -0.4 is 10.0 Å². The molecule has 8 heteroatoms. The molecule has 116 valence electrons. The van der Waals surface area contributed by atoms with Crippen molar-refractivity contribution in [1.29, 1.82) is 0 Å². The molecule has 0 radical (unpaired) electrons. The molecule has 0 atom stereocenters. The van der Waals surface area contributed by atoms with Gasteiger partial charge in [0.05, 0.1) is 5.75 Å². The lowest BCUT2D eigenvalue weighted by atomic mass is 9.86. The monoisotopic (exact) mass is 313 g/mol. The molecule has 1 saturated carbocycles. The van der Waals surface area contributed by atoms with Crippen LogP contribution in [0.1, 0.15) is 29.8 Å². The molecule has 1 aliphatic rings. The van der Waals surface area contributed by atoms with Gasteiger partial charge < -0.3 is 10.4 Å². The number of pyridine rings is 1. The summed E-state index contributed by atoms with van der Waals surface area (Å²) >= 11 is 0. The molecule has 0 unspecified atom stereocenters. The average Bonchev–Trinajstić information content (AvgIpc) is 2.36. The minimum absolute atomic E-state index is 0.0707. The number of carboxylic acid groups (broad SMARTS) is 1. The number of hydrogen-bond acceptors (Lipinski definition) is 5. The summed E-state index contributed by atoms with van der Waals surface area (Å²) in [5, 5.41) is 11.6. The summed E-state index contributed by atoms with van der Waals surface area (Å²) in [6.45, 7) is 0.686. The van der Waals surface area contributed by atoms with Crippen LogP contribution in [0.15, 0.2) is 18.2 Å². The maximum atomic E-state index is 11.8. The van der Waals surface area contributed by atoms with Crippen LogP contribution in [-0.4, -0.2) is 43.3 Å². The van der Waals surface area contributed by atoms with Crippen molar-refractivity contribution in [3.63, 3.8) is 0 Å². The van der Waals surface area contributed by atoms with Gasteiger partial charge in [-0.2, -0.15) is 0 Å². The van der Waals surface area contributed by atoms with Gasteiger partial charge in [-0.25, -0.2) is 22.9 Å². The minimum atomic E-state index is -3.31. The number of nitrogens with zero attached hydrogens (tertiary/aromatic N) is 1. The van der Waals surface area contributed by atoms with Crippen molar-refractivity contribution in [2.24, 2.45) is 5.92 Å². The maximum absolute atomic E-state index is 11.8. The SMILES string of the molecule is O=C(O)c1cccc(NCCS(=O)(=O)NCC2CCC2)n1. The molecule has 0 aliphatic heterocycles. The number of nitrogens with one attached hydrogen (secondary N) is 2. The van der Waals surface area contributed by atoms with Crippen molar-refractivity contribution in [3.8, 4) is 0 Å². The Morgan fingerprint density at radius 1 is 1.38 bits per heavy atom. The van der Waals surface area contributed by atoms with Crippen molar-refractivity contribution < 1.29 is 18.3 Å². The van der Waals surface area contributed by atoms with E-state index in [1.807, 2.05) is 0 Å². The Bertz CT molecular complexity index is 599. The van der Waals surface area contributed by atoms with Gasteiger partial charge in [-0.05, 0) is 30.9 Å². The quantitative estimate of drug-likeness (QED) is 0.658. The molecular formula is C13H19N3O4S. The number of sulfonamides is 1. The van der Waals surface area contributed by atoms with E-state index in [1.54, 1.807) is 12.1 Å². The molecule has 0 saturated heterocycles.